The third-order valence-corrected chi connectivity index (χ3v) is 12.5. The molecular formula is C60H40N2O. The van der Waals surface area contributed by atoms with Crippen LogP contribution < -0.4 is 4.90 Å². The molecule has 2 heterocycles. The number of fused-ring (bicyclic) bond motifs is 6. The number of furan rings is 1. The van der Waals surface area contributed by atoms with E-state index in [9.17, 15) is 0 Å². The van der Waals surface area contributed by atoms with Crippen LogP contribution in [0.4, 0.5) is 17.1 Å². The lowest BCUT2D eigenvalue weighted by Crippen LogP contribution is -2.11. The Labute approximate surface area is 366 Å². The van der Waals surface area contributed by atoms with Crippen LogP contribution in [0.2, 0.25) is 0 Å². The Bertz CT molecular complexity index is 3560. The summed E-state index contributed by atoms with van der Waals surface area (Å²) in [6, 6.07) is 87.0. The lowest BCUT2D eigenvalue weighted by molar-refractivity contribution is 0.670. The maximum Gasteiger partial charge on any atom is 0.143 e. The van der Waals surface area contributed by atoms with Crippen LogP contribution in [0.15, 0.2) is 247 Å². The molecule has 0 aliphatic rings. The van der Waals surface area contributed by atoms with E-state index in [2.05, 4.69) is 240 Å². The van der Waals surface area contributed by atoms with Crippen molar-refractivity contribution in [3.8, 4) is 50.2 Å². The van der Waals surface area contributed by atoms with Crippen molar-refractivity contribution < 1.29 is 4.42 Å². The van der Waals surface area contributed by atoms with Crippen LogP contribution in [-0.4, -0.2) is 4.57 Å². The Balaban J connectivity index is 0.996. The summed E-state index contributed by atoms with van der Waals surface area (Å²) in [5.41, 5.74) is 17.7. The molecule has 3 heteroatoms. The summed E-state index contributed by atoms with van der Waals surface area (Å²) in [6.07, 6.45) is 0. The van der Waals surface area contributed by atoms with Gasteiger partial charge in [0.2, 0.25) is 0 Å². The molecule has 0 amide bonds. The van der Waals surface area contributed by atoms with Crippen molar-refractivity contribution in [2.24, 2.45) is 0 Å². The van der Waals surface area contributed by atoms with E-state index >= 15 is 0 Å². The molecule has 0 saturated carbocycles. The fraction of sp³-hybridized carbons (Fsp3) is 0. The van der Waals surface area contributed by atoms with Crippen molar-refractivity contribution in [3.05, 3.63) is 243 Å². The molecule has 0 spiro atoms. The minimum atomic E-state index is 0.888. The van der Waals surface area contributed by atoms with Gasteiger partial charge in [-0.25, -0.2) is 0 Å². The zero-order valence-electron chi connectivity index (χ0n) is 34.4. The van der Waals surface area contributed by atoms with Gasteiger partial charge in [0.1, 0.15) is 11.2 Å². The highest BCUT2D eigenvalue weighted by atomic mass is 16.3. The fourth-order valence-corrected chi connectivity index (χ4v) is 9.55. The molecule has 3 nitrogen and oxygen atoms in total. The van der Waals surface area contributed by atoms with Gasteiger partial charge in [0.15, 0.2) is 0 Å². The summed E-state index contributed by atoms with van der Waals surface area (Å²) in [5, 5.41) is 4.73. The Kier molecular flexibility index (Phi) is 8.83. The Hall–Kier alpha value is -8.40. The first-order chi connectivity index (χ1) is 31.3. The van der Waals surface area contributed by atoms with Gasteiger partial charge in [0.25, 0.3) is 0 Å². The SMILES string of the molecule is c1ccc(-c2ccc(N(c3ccc(-c4ccccc4-c4ccccc4-n4c5ccccc5c5ccccc54)cc3)c3ccccc3-c3cccc4c3oc3ccccc34)cc2)cc1. The normalized spacial score (nSPS) is 11.5. The van der Waals surface area contributed by atoms with E-state index in [-0.39, 0.29) is 0 Å². The van der Waals surface area contributed by atoms with Gasteiger partial charge in [-0.1, -0.05) is 188 Å². The van der Waals surface area contributed by atoms with Crippen molar-refractivity contribution in [2.75, 3.05) is 4.90 Å². The van der Waals surface area contributed by atoms with Crippen LogP contribution in [0, 0.1) is 0 Å². The molecule has 0 radical (unpaired) electrons. The van der Waals surface area contributed by atoms with Gasteiger partial charge in [0.05, 0.1) is 22.4 Å². The van der Waals surface area contributed by atoms with Gasteiger partial charge in [-0.15, -0.1) is 0 Å². The van der Waals surface area contributed by atoms with E-state index < -0.39 is 0 Å². The average molecular weight is 805 g/mol. The molecule has 2 aromatic heterocycles. The average Bonchev–Trinajstić information content (AvgIpc) is 3.91. The summed E-state index contributed by atoms with van der Waals surface area (Å²) < 4.78 is 9.04. The second kappa shape index (κ2) is 15.3. The predicted octanol–water partition coefficient (Wildman–Crippen LogP) is 16.8. The predicted molar refractivity (Wildman–Crippen MR) is 264 cm³/mol. The fourth-order valence-electron chi connectivity index (χ4n) is 9.55. The van der Waals surface area contributed by atoms with Gasteiger partial charge >= 0.3 is 0 Å². The standard InChI is InChI=1S/C60H40N2O/c1-2-17-41(18-3-1)42-33-37-44(38-34-42)61(55-28-11-9-24-51(55)53-26-16-27-54-52-25-10-15-32-59(52)63-60(53)54)45-39-35-43(36-40-45)46-19-4-5-20-47(46)48-21-6-12-29-56(48)62-57-30-13-7-22-49(57)50-23-8-14-31-58(50)62/h1-40H. The second-order valence-corrected chi connectivity index (χ2v) is 16.0. The monoisotopic (exact) mass is 804 g/mol. The lowest BCUT2D eigenvalue weighted by atomic mass is 9.93. The van der Waals surface area contributed by atoms with Crippen LogP contribution >= 0.6 is 0 Å². The van der Waals surface area contributed by atoms with Crippen molar-refractivity contribution in [1.29, 1.82) is 0 Å². The van der Waals surface area contributed by atoms with Crippen LogP contribution in [0.1, 0.15) is 0 Å². The zero-order chi connectivity index (χ0) is 41.7. The van der Waals surface area contributed by atoms with E-state index in [1.165, 1.54) is 49.6 Å². The molecule has 12 aromatic rings. The summed E-state index contributed by atoms with van der Waals surface area (Å²) in [7, 11) is 0. The highest BCUT2D eigenvalue weighted by molar-refractivity contribution is 6.11. The Morgan fingerprint density at radius 2 is 0.794 bits per heavy atom. The lowest BCUT2D eigenvalue weighted by Gasteiger charge is -2.28. The van der Waals surface area contributed by atoms with Crippen LogP contribution in [0.3, 0.4) is 0 Å². The minimum Gasteiger partial charge on any atom is -0.455 e. The maximum atomic E-state index is 6.62. The number of hydrogen-bond acceptors (Lipinski definition) is 2. The van der Waals surface area contributed by atoms with Crippen LogP contribution in [0.25, 0.3) is 93.9 Å². The van der Waals surface area contributed by atoms with E-state index in [4.69, 9.17) is 4.42 Å². The maximum absolute atomic E-state index is 6.62. The summed E-state index contributed by atoms with van der Waals surface area (Å²) >= 11 is 0. The van der Waals surface area contributed by atoms with Crippen LogP contribution in [-0.2, 0) is 0 Å². The summed E-state index contributed by atoms with van der Waals surface area (Å²) in [5.74, 6) is 0. The number of aromatic nitrogens is 1. The van der Waals surface area contributed by atoms with Gasteiger partial charge in [-0.3, -0.25) is 0 Å². The number of benzene rings is 10. The molecule has 0 atom stereocenters. The van der Waals surface area contributed by atoms with Crippen molar-refractivity contribution in [2.45, 2.75) is 0 Å². The van der Waals surface area contributed by atoms with Crippen molar-refractivity contribution in [3.63, 3.8) is 0 Å². The highest BCUT2D eigenvalue weighted by Gasteiger charge is 2.22. The molecule has 12 rings (SSSR count). The zero-order valence-corrected chi connectivity index (χ0v) is 34.4. The molecule has 0 aliphatic carbocycles. The number of nitrogens with zero attached hydrogens (tertiary/aromatic N) is 2. The van der Waals surface area contributed by atoms with Gasteiger partial charge < -0.3 is 13.9 Å². The second-order valence-electron chi connectivity index (χ2n) is 16.0. The molecular weight excluding hydrogens is 765 g/mol. The van der Waals surface area contributed by atoms with Gasteiger partial charge in [-0.05, 0) is 82.4 Å². The van der Waals surface area contributed by atoms with E-state index in [0.717, 1.165) is 61.4 Å². The number of hydrogen-bond donors (Lipinski definition) is 0. The molecule has 0 saturated heterocycles. The van der Waals surface area contributed by atoms with Crippen LogP contribution in [0.5, 0.6) is 0 Å². The molecule has 63 heavy (non-hydrogen) atoms. The summed E-state index contributed by atoms with van der Waals surface area (Å²) in [6.45, 7) is 0. The molecule has 10 aromatic carbocycles. The number of para-hydroxylation sites is 6. The minimum absolute atomic E-state index is 0.888. The van der Waals surface area contributed by atoms with Crippen molar-refractivity contribution >= 4 is 60.8 Å². The summed E-state index contributed by atoms with van der Waals surface area (Å²) in [4.78, 5) is 2.37. The third-order valence-electron chi connectivity index (χ3n) is 12.5. The molecule has 0 fully saturated rings. The number of rotatable bonds is 8. The third kappa shape index (κ3) is 6.21. The Morgan fingerprint density at radius 1 is 0.302 bits per heavy atom. The number of anilines is 3. The molecule has 0 unspecified atom stereocenters. The quantitative estimate of drug-likeness (QED) is 0.153. The van der Waals surface area contributed by atoms with E-state index in [1.54, 1.807) is 0 Å². The van der Waals surface area contributed by atoms with E-state index in [1.807, 2.05) is 12.1 Å². The molecule has 0 N–H and O–H groups in total. The first kappa shape index (κ1) is 36.5. The van der Waals surface area contributed by atoms with Gasteiger partial charge in [0, 0.05) is 49.6 Å². The Morgan fingerprint density at radius 3 is 1.51 bits per heavy atom. The molecule has 0 aliphatic heterocycles. The van der Waals surface area contributed by atoms with E-state index in [0.29, 0.717) is 0 Å². The largest absolute Gasteiger partial charge is 0.455 e. The molecule has 296 valence electrons. The smallest absolute Gasteiger partial charge is 0.143 e. The first-order valence-electron chi connectivity index (χ1n) is 21.5. The highest BCUT2D eigenvalue weighted by Crippen LogP contribution is 2.46. The topological polar surface area (TPSA) is 21.3 Å². The molecule has 0 bridgehead atoms. The van der Waals surface area contributed by atoms with Gasteiger partial charge in [-0.2, -0.15) is 0 Å². The van der Waals surface area contributed by atoms with Crippen molar-refractivity contribution in [1.82, 2.24) is 4.57 Å². The first-order valence-corrected chi connectivity index (χ1v) is 21.5.